The fourth-order valence-corrected chi connectivity index (χ4v) is 1.67. The van der Waals surface area contributed by atoms with Crippen LogP contribution < -0.4 is 10.6 Å². The lowest BCUT2D eigenvalue weighted by Gasteiger charge is -2.09. The Balaban J connectivity index is 2.08. The summed E-state index contributed by atoms with van der Waals surface area (Å²) < 4.78 is 0.719. The second-order valence-electron chi connectivity index (χ2n) is 3.47. The molecule has 19 heavy (non-hydrogen) atoms. The largest absolute Gasteiger partial charge is 0.492 e. The van der Waals surface area contributed by atoms with Gasteiger partial charge in [-0.25, -0.2) is 9.78 Å². The minimum absolute atomic E-state index is 0.0117. The second kappa shape index (κ2) is 5.53. The zero-order chi connectivity index (χ0) is 13.8. The number of aromatic nitrogens is 2. The molecular weight excluding hydrogens is 316 g/mol. The lowest BCUT2D eigenvalue weighted by Crippen LogP contribution is -2.20. The topological polar surface area (TPSA) is 107 Å². The molecule has 1 aromatic carbocycles. The average molecular weight is 325 g/mol. The molecule has 0 aliphatic heterocycles. The third-order valence-electron chi connectivity index (χ3n) is 2.13. The number of para-hydroxylation sites is 1. The predicted octanol–water partition coefficient (Wildman–Crippen LogP) is 2.29. The highest BCUT2D eigenvalue weighted by atomic mass is 79.9. The highest BCUT2D eigenvalue weighted by Gasteiger charge is 2.10. The first kappa shape index (κ1) is 13.1. The Morgan fingerprint density at radius 3 is 2.53 bits per heavy atom. The van der Waals surface area contributed by atoms with Crippen molar-refractivity contribution in [2.45, 2.75) is 0 Å². The number of rotatable bonds is 2. The molecule has 0 spiro atoms. The van der Waals surface area contributed by atoms with Crippen LogP contribution in [0, 0.1) is 0 Å². The summed E-state index contributed by atoms with van der Waals surface area (Å²) in [5.41, 5.74) is 0.557. The van der Waals surface area contributed by atoms with Gasteiger partial charge in [-0.1, -0.05) is 12.1 Å². The number of carbonyl (C=O) groups excluding carboxylic acids is 1. The molecule has 98 valence electrons. The molecule has 0 saturated heterocycles. The Hall–Kier alpha value is -2.35. The van der Waals surface area contributed by atoms with E-state index in [0.717, 1.165) is 10.7 Å². The van der Waals surface area contributed by atoms with Crippen molar-refractivity contribution in [3.8, 4) is 11.9 Å². The maximum Gasteiger partial charge on any atom is 0.323 e. The van der Waals surface area contributed by atoms with Gasteiger partial charge in [0.2, 0.25) is 5.88 Å². The van der Waals surface area contributed by atoms with Gasteiger partial charge in [-0.3, -0.25) is 0 Å². The van der Waals surface area contributed by atoms with Crippen molar-refractivity contribution in [2.75, 3.05) is 10.6 Å². The average Bonchev–Trinajstić information content (AvgIpc) is 2.36. The van der Waals surface area contributed by atoms with Crippen molar-refractivity contribution in [2.24, 2.45) is 0 Å². The van der Waals surface area contributed by atoms with E-state index >= 15 is 0 Å². The van der Waals surface area contributed by atoms with Crippen LogP contribution in [0.15, 0.2) is 34.9 Å². The molecule has 0 aliphatic rings. The highest BCUT2D eigenvalue weighted by Crippen LogP contribution is 2.23. The molecule has 0 fully saturated rings. The first-order chi connectivity index (χ1) is 9.06. The van der Waals surface area contributed by atoms with Gasteiger partial charge >= 0.3 is 12.0 Å². The van der Waals surface area contributed by atoms with Gasteiger partial charge in [-0.15, -0.1) is 0 Å². The Kier molecular flexibility index (Phi) is 3.81. The summed E-state index contributed by atoms with van der Waals surface area (Å²) in [4.78, 5) is 18.4. The maximum atomic E-state index is 11.7. The number of nitrogens with one attached hydrogen (secondary N) is 2. The van der Waals surface area contributed by atoms with E-state index in [-0.39, 0.29) is 5.69 Å². The van der Waals surface area contributed by atoms with Crippen molar-refractivity contribution in [3.05, 3.63) is 34.9 Å². The molecular formula is C11H9BrN4O3. The van der Waals surface area contributed by atoms with Gasteiger partial charge in [0.25, 0.3) is 0 Å². The van der Waals surface area contributed by atoms with Crippen molar-refractivity contribution >= 4 is 33.3 Å². The Morgan fingerprint density at radius 1 is 1.16 bits per heavy atom. The van der Waals surface area contributed by atoms with E-state index in [2.05, 4.69) is 36.5 Å². The summed E-state index contributed by atoms with van der Waals surface area (Å²) in [6, 6.07) is 5.91. The lowest BCUT2D eigenvalue weighted by atomic mass is 10.3. The Morgan fingerprint density at radius 2 is 1.84 bits per heavy atom. The molecule has 2 aromatic rings. The van der Waals surface area contributed by atoms with Crippen LogP contribution in [0.4, 0.5) is 16.2 Å². The minimum Gasteiger partial charge on any atom is -0.492 e. The monoisotopic (exact) mass is 324 g/mol. The molecule has 1 aromatic heterocycles. The van der Waals surface area contributed by atoms with Crippen LogP contribution in [-0.2, 0) is 0 Å². The van der Waals surface area contributed by atoms with Crippen LogP contribution in [0.1, 0.15) is 0 Å². The van der Waals surface area contributed by atoms with Gasteiger partial charge in [0.05, 0.1) is 11.9 Å². The standard InChI is InChI=1S/C11H9BrN4O3/c12-6-3-1-2-4-7(6)14-11(19)15-8-5-13-10(18)16-9(8)17/h1-5H,(H2,14,15,19)(H2,13,16,17,18). The molecule has 1 heterocycles. The smallest absolute Gasteiger partial charge is 0.323 e. The zero-order valence-corrected chi connectivity index (χ0v) is 11.0. The minimum atomic E-state index is -0.575. The SMILES string of the molecule is O=C(Nc1ccccc1Br)Nc1cnc(O)nc1O. The number of nitrogens with zero attached hydrogens (tertiary/aromatic N) is 2. The number of halogens is 1. The molecule has 0 atom stereocenters. The van der Waals surface area contributed by atoms with Crippen molar-refractivity contribution in [1.82, 2.24) is 9.97 Å². The first-order valence-corrected chi connectivity index (χ1v) is 5.93. The van der Waals surface area contributed by atoms with Crippen LogP contribution in [0.25, 0.3) is 0 Å². The number of benzene rings is 1. The van der Waals surface area contributed by atoms with Crippen LogP contribution in [0.2, 0.25) is 0 Å². The second-order valence-corrected chi connectivity index (χ2v) is 4.32. The molecule has 4 N–H and O–H groups in total. The molecule has 2 amide bonds. The number of hydrogen-bond donors (Lipinski definition) is 4. The third kappa shape index (κ3) is 3.32. The summed E-state index contributed by atoms with van der Waals surface area (Å²) >= 11 is 3.28. The summed E-state index contributed by atoms with van der Waals surface area (Å²) in [5, 5.41) is 23.3. The van der Waals surface area contributed by atoms with Gasteiger partial charge < -0.3 is 20.8 Å². The van der Waals surface area contributed by atoms with Gasteiger partial charge in [0.15, 0.2) is 0 Å². The molecule has 0 aliphatic carbocycles. The fourth-order valence-electron chi connectivity index (χ4n) is 1.29. The van der Waals surface area contributed by atoms with Crippen LogP contribution in [0.5, 0.6) is 11.9 Å². The molecule has 2 rings (SSSR count). The van der Waals surface area contributed by atoms with Gasteiger partial charge in [-0.2, -0.15) is 4.98 Å². The zero-order valence-electron chi connectivity index (χ0n) is 9.46. The lowest BCUT2D eigenvalue weighted by molar-refractivity contribution is 0.262. The summed E-state index contributed by atoms with van der Waals surface area (Å²) in [7, 11) is 0. The predicted molar refractivity (Wildman–Crippen MR) is 72.1 cm³/mol. The Bertz CT molecular complexity index is 621. The number of hydrogen-bond acceptors (Lipinski definition) is 5. The molecule has 0 saturated carbocycles. The van der Waals surface area contributed by atoms with E-state index in [4.69, 9.17) is 5.11 Å². The van der Waals surface area contributed by atoms with Gasteiger partial charge in [0, 0.05) is 4.47 Å². The van der Waals surface area contributed by atoms with E-state index in [9.17, 15) is 9.90 Å². The number of urea groups is 1. The fraction of sp³-hybridized carbons (Fsp3) is 0. The van der Waals surface area contributed by atoms with Crippen molar-refractivity contribution < 1.29 is 15.0 Å². The first-order valence-electron chi connectivity index (χ1n) is 5.14. The number of carbonyl (C=O) groups is 1. The maximum absolute atomic E-state index is 11.7. The Labute approximate surface area is 116 Å². The van der Waals surface area contributed by atoms with E-state index in [0.29, 0.717) is 5.69 Å². The van der Waals surface area contributed by atoms with Crippen molar-refractivity contribution in [1.29, 1.82) is 0 Å². The third-order valence-corrected chi connectivity index (χ3v) is 2.82. The summed E-state index contributed by atoms with van der Waals surface area (Å²) in [5.74, 6) is -0.519. The molecule has 8 heteroatoms. The van der Waals surface area contributed by atoms with Crippen molar-refractivity contribution in [3.63, 3.8) is 0 Å². The van der Waals surface area contributed by atoms with E-state index in [1.54, 1.807) is 18.2 Å². The summed E-state index contributed by atoms with van der Waals surface area (Å²) in [6.07, 6.45) is 1.09. The molecule has 0 unspecified atom stereocenters. The molecule has 0 bridgehead atoms. The number of amides is 2. The highest BCUT2D eigenvalue weighted by molar-refractivity contribution is 9.10. The number of aromatic hydroxyl groups is 2. The van der Waals surface area contributed by atoms with Crippen LogP contribution in [0.3, 0.4) is 0 Å². The van der Waals surface area contributed by atoms with Crippen LogP contribution in [-0.4, -0.2) is 26.2 Å². The van der Waals surface area contributed by atoms with Gasteiger partial charge in [0.1, 0.15) is 5.69 Å². The van der Waals surface area contributed by atoms with E-state index < -0.39 is 17.9 Å². The van der Waals surface area contributed by atoms with Gasteiger partial charge in [-0.05, 0) is 28.1 Å². The molecule has 7 nitrogen and oxygen atoms in total. The summed E-state index contributed by atoms with van der Waals surface area (Å²) in [6.45, 7) is 0. The van der Waals surface area contributed by atoms with Crippen LogP contribution >= 0.6 is 15.9 Å². The quantitative estimate of drug-likeness (QED) is 0.678. The van der Waals surface area contributed by atoms with E-state index in [1.165, 1.54) is 0 Å². The van der Waals surface area contributed by atoms with E-state index in [1.807, 2.05) is 6.07 Å². The normalized spacial score (nSPS) is 9.95. The molecule has 0 radical (unpaired) electrons. The number of anilines is 2.